The van der Waals surface area contributed by atoms with Gasteiger partial charge in [-0.3, -0.25) is 9.89 Å². The number of fused-ring (bicyclic) bond motifs is 4. The second-order valence-corrected chi connectivity index (χ2v) is 9.81. The second kappa shape index (κ2) is 7.83. The Labute approximate surface area is 188 Å². The Balaban J connectivity index is 1.28. The number of aliphatic hydroxyl groups excluding tert-OH is 1. The maximum atomic E-state index is 13.1. The molecule has 0 saturated carbocycles. The van der Waals surface area contributed by atoms with Gasteiger partial charge >= 0.3 is 0 Å². The maximum Gasteiger partial charge on any atom is 0.226 e. The molecule has 3 N–H and O–H groups in total. The molecule has 3 aromatic heterocycles. The van der Waals surface area contributed by atoms with E-state index in [1.807, 2.05) is 23.1 Å². The molecule has 4 heterocycles. The van der Waals surface area contributed by atoms with Gasteiger partial charge < -0.3 is 15.3 Å². The van der Waals surface area contributed by atoms with Crippen molar-refractivity contribution in [3.05, 3.63) is 41.2 Å². The maximum absolute atomic E-state index is 13.1. The van der Waals surface area contributed by atoms with Crippen molar-refractivity contribution in [2.45, 2.75) is 38.2 Å². The number of carbonyl (C=O) groups is 1. The van der Waals surface area contributed by atoms with Crippen LogP contribution in [0, 0.1) is 5.92 Å². The van der Waals surface area contributed by atoms with Gasteiger partial charge in [0.05, 0.1) is 23.2 Å². The topological polar surface area (TPSA) is 107 Å². The third-order valence-electron chi connectivity index (χ3n) is 6.61. The number of piperidine rings is 1. The minimum absolute atomic E-state index is 0.0197. The molecule has 164 valence electrons. The highest BCUT2D eigenvalue weighted by atomic mass is 32.1. The molecule has 0 radical (unpaired) electrons. The Morgan fingerprint density at radius 1 is 1.28 bits per heavy atom. The fourth-order valence-corrected chi connectivity index (χ4v) is 6.25. The van der Waals surface area contributed by atoms with Crippen LogP contribution in [0.25, 0.3) is 21.1 Å². The lowest BCUT2D eigenvalue weighted by Gasteiger charge is -2.34. The van der Waals surface area contributed by atoms with Crippen LogP contribution in [0.15, 0.2) is 30.7 Å². The molecular weight excluding hydrogens is 424 g/mol. The van der Waals surface area contributed by atoms with Gasteiger partial charge in [0.15, 0.2) is 0 Å². The number of hydrogen-bond donors (Lipinski definition) is 3. The number of hydrogen-bond acceptors (Lipinski definition) is 7. The highest BCUT2D eigenvalue weighted by molar-refractivity contribution is 7.19. The largest absolute Gasteiger partial charge is 0.391 e. The number of amides is 1. The van der Waals surface area contributed by atoms with Crippen molar-refractivity contribution in [2.24, 2.45) is 5.92 Å². The van der Waals surface area contributed by atoms with Crippen LogP contribution in [0.4, 0.5) is 11.5 Å². The van der Waals surface area contributed by atoms with E-state index in [0.717, 1.165) is 71.3 Å². The zero-order chi connectivity index (χ0) is 21.7. The summed E-state index contributed by atoms with van der Waals surface area (Å²) < 4.78 is 0. The molecule has 8 nitrogen and oxygen atoms in total. The molecule has 6 rings (SSSR count). The van der Waals surface area contributed by atoms with Crippen molar-refractivity contribution in [3.8, 4) is 0 Å². The number of likely N-dealkylation sites (tertiary alicyclic amines) is 1. The predicted octanol–water partition coefficient (Wildman–Crippen LogP) is 3.40. The smallest absolute Gasteiger partial charge is 0.226 e. The van der Waals surface area contributed by atoms with E-state index in [1.165, 1.54) is 10.4 Å². The Kier molecular flexibility index (Phi) is 4.80. The van der Waals surface area contributed by atoms with Crippen molar-refractivity contribution in [1.29, 1.82) is 0 Å². The molecule has 1 saturated heterocycles. The molecule has 1 aliphatic carbocycles. The lowest BCUT2D eigenvalue weighted by atomic mass is 9.86. The number of nitrogens with one attached hydrogen (secondary N) is 2. The Hall–Kier alpha value is -3.04. The van der Waals surface area contributed by atoms with Crippen LogP contribution in [-0.4, -0.2) is 55.3 Å². The first-order chi connectivity index (χ1) is 15.7. The Morgan fingerprint density at radius 2 is 2.22 bits per heavy atom. The van der Waals surface area contributed by atoms with Crippen LogP contribution in [0.2, 0.25) is 0 Å². The van der Waals surface area contributed by atoms with E-state index < -0.39 is 0 Å². The molecule has 2 aliphatic rings. The first kappa shape index (κ1) is 19.6. The van der Waals surface area contributed by atoms with Gasteiger partial charge in [-0.1, -0.05) is 0 Å². The summed E-state index contributed by atoms with van der Waals surface area (Å²) in [5.74, 6) is 0.970. The van der Waals surface area contributed by atoms with E-state index >= 15 is 0 Å². The predicted molar refractivity (Wildman–Crippen MR) is 124 cm³/mol. The van der Waals surface area contributed by atoms with Crippen molar-refractivity contribution >= 4 is 49.9 Å². The summed E-state index contributed by atoms with van der Waals surface area (Å²) in [6.45, 7) is 1.22. The molecule has 32 heavy (non-hydrogen) atoms. The summed E-state index contributed by atoms with van der Waals surface area (Å²) >= 11 is 1.67. The van der Waals surface area contributed by atoms with Crippen molar-refractivity contribution in [1.82, 2.24) is 25.1 Å². The average Bonchev–Trinajstić information content (AvgIpc) is 3.42. The Bertz CT molecular complexity index is 1310. The third-order valence-corrected chi connectivity index (χ3v) is 7.77. The summed E-state index contributed by atoms with van der Waals surface area (Å²) in [6.07, 6.45) is 7.08. The molecule has 0 spiro atoms. The lowest BCUT2D eigenvalue weighted by Crippen LogP contribution is -2.45. The van der Waals surface area contributed by atoms with E-state index in [9.17, 15) is 9.90 Å². The summed E-state index contributed by atoms with van der Waals surface area (Å²) in [4.78, 5) is 26.2. The van der Waals surface area contributed by atoms with Gasteiger partial charge in [0, 0.05) is 35.0 Å². The standard InChI is InChI=1S/C23H24N6O2S/c30-16-2-1-7-29(11-16)23(31)13-3-5-17-19(9-13)32-22-20(17)21(24-12-25-22)27-15-4-6-18-14(8-15)10-26-28-18/h4,6,8,10,12-13,16,30H,1-3,5,7,9,11H2,(H,26,28)(H,24,25,27)/t13-,16?/m0/s1. The monoisotopic (exact) mass is 448 g/mol. The fourth-order valence-electron chi connectivity index (χ4n) is 4.99. The van der Waals surface area contributed by atoms with E-state index in [4.69, 9.17) is 0 Å². The number of thiophene rings is 1. The van der Waals surface area contributed by atoms with Crippen LogP contribution in [0.5, 0.6) is 0 Å². The van der Waals surface area contributed by atoms with Gasteiger partial charge in [-0.25, -0.2) is 9.97 Å². The van der Waals surface area contributed by atoms with Crippen molar-refractivity contribution in [2.75, 3.05) is 18.4 Å². The first-order valence-corrected chi connectivity index (χ1v) is 11.9. The Morgan fingerprint density at radius 3 is 3.12 bits per heavy atom. The molecule has 0 bridgehead atoms. The van der Waals surface area contributed by atoms with Gasteiger partial charge in [0.1, 0.15) is 17.0 Å². The third kappa shape index (κ3) is 3.41. The highest BCUT2D eigenvalue weighted by Crippen LogP contribution is 2.41. The van der Waals surface area contributed by atoms with E-state index in [2.05, 4.69) is 25.5 Å². The highest BCUT2D eigenvalue weighted by Gasteiger charge is 2.33. The number of anilines is 2. The SMILES string of the molecule is O=C([C@H]1CCc2c(sc3ncnc(Nc4ccc5[nH]ncc5c4)c23)C1)N1CCCC(O)C1. The molecule has 4 aromatic rings. The molecular formula is C23H24N6O2S. The van der Waals surface area contributed by atoms with E-state index in [-0.39, 0.29) is 17.9 Å². The molecule has 9 heteroatoms. The van der Waals surface area contributed by atoms with Crippen LogP contribution in [-0.2, 0) is 17.6 Å². The molecule has 1 unspecified atom stereocenters. The quantitative estimate of drug-likeness (QED) is 0.443. The van der Waals surface area contributed by atoms with E-state index in [0.29, 0.717) is 6.54 Å². The second-order valence-electron chi connectivity index (χ2n) is 8.72. The molecule has 1 aromatic carbocycles. The zero-order valence-corrected chi connectivity index (χ0v) is 18.4. The number of aromatic nitrogens is 4. The minimum Gasteiger partial charge on any atom is -0.391 e. The number of rotatable bonds is 3. The molecule has 1 amide bonds. The number of aliphatic hydroxyl groups is 1. The summed E-state index contributed by atoms with van der Waals surface area (Å²) in [7, 11) is 0. The van der Waals surface area contributed by atoms with Gasteiger partial charge in [0.25, 0.3) is 0 Å². The van der Waals surface area contributed by atoms with Crippen molar-refractivity contribution < 1.29 is 9.90 Å². The number of H-pyrrole nitrogens is 1. The number of β-amino-alcohol motifs (C(OH)–C–C–N with tert-alkyl or cyclic N) is 1. The van der Waals surface area contributed by atoms with Gasteiger partial charge in [-0.15, -0.1) is 11.3 Å². The lowest BCUT2D eigenvalue weighted by molar-refractivity contribution is -0.138. The first-order valence-electron chi connectivity index (χ1n) is 11.1. The van der Waals surface area contributed by atoms with Crippen LogP contribution < -0.4 is 5.32 Å². The van der Waals surface area contributed by atoms with Crippen molar-refractivity contribution in [3.63, 3.8) is 0 Å². The fraction of sp³-hybridized carbons (Fsp3) is 0.391. The molecule has 1 fully saturated rings. The number of benzene rings is 1. The van der Waals surface area contributed by atoms with Gasteiger partial charge in [0.2, 0.25) is 5.91 Å². The average molecular weight is 449 g/mol. The number of carbonyl (C=O) groups excluding carboxylic acids is 1. The number of aryl methyl sites for hydroxylation is 1. The molecule has 1 aliphatic heterocycles. The summed E-state index contributed by atoms with van der Waals surface area (Å²) in [5, 5.41) is 22.6. The molecule has 2 atom stereocenters. The number of nitrogens with zero attached hydrogens (tertiary/aromatic N) is 4. The summed E-state index contributed by atoms with van der Waals surface area (Å²) in [6, 6.07) is 6.06. The summed E-state index contributed by atoms with van der Waals surface area (Å²) in [5.41, 5.74) is 3.21. The van der Waals surface area contributed by atoms with E-state index in [1.54, 1.807) is 23.9 Å². The number of aromatic amines is 1. The minimum atomic E-state index is -0.388. The van der Waals surface area contributed by atoms with Gasteiger partial charge in [-0.2, -0.15) is 5.10 Å². The van der Waals surface area contributed by atoms with Crippen LogP contribution >= 0.6 is 11.3 Å². The van der Waals surface area contributed by atoms with Crippen LogP contribution in [0.3, 0.4) is 0 Å². The van der Waals surface area contributed by atoms with Crippen LogP contribution in [0.1, 0.15) is 29.7 Å². The zero-order valence-electron chi connectivity index (χ0n) is 17.5. The normalized spacial score (nSPS) is 21.1. The van der Waals surface area contributed by atoms with Gasteiger partial charge in [-0.05, 0) is 55.9 Å².